The van der Waals surface area contributed by atoms with E-state index in [1.165, 1.54) is 6.08 Å². The molecule has 5 heteroatoms. The van der Waals surface area contributed by atoms with Crippen molar-refractivity contribution in [1.29, 1.82) is 5.26 Å². The summed E-state index contributed by atoms with van der Waals surface area (Å²) in [5, 5.41) is 18.0. The van der Waals surface area contributed by atoms with Crippen molar-refractivity contribution < 1.29 is 14.3 Å². The highest BCUT2D eigenvalue weighted by atomic mass is 16.4. The number of hydrogen-bond donors (Lipinski definition) is 1. The largest absolute Gasteiger partial charge is 0.477 e. The van der Waals surface area contributed by atoms with E-state index in [1.807, 2.05) is 72.8 Å². The number of carboxylic acid groups (broad SMARTS) is 1. The second kappa shape index (κ2) is 11.6. The van der Waals surface area contributed by atoms with Crippen LogP contribution < -0.4 is 4.90 Å². The average Bonchev–Trinajstić information content (AvgIpc) is 3.46. The molecule has 0 saturated carbocycles. The molecule has 0 aliphatic carbocycles. The first kappa shape index (κ1) is 25.1. The molecule has 0 saturated heterocycles. The van der Waals surface area contributed by atoms with E-state index in [1.54, 1.807) is 18.2 Å². The monoisotopic (exact) mass is 508 g/mol. The maximum absolute atomic E-state index is 11.0. The highest BCUT2D eigenvalue weighted by Crippen LogP contribution is 2.34. The van der Waals surface area contributed by atoms with Crippen LogP contribution in [0.4, 0.5) is 17.1 Å². The van der Waals surface area contributed by atoms with Crippen LogP contribution in [0.15, 0.2) is 131 Å². The van der Waals surface area contributed by atoms with E-state index >= 15 is 0 Å². The van der Waals surface area contributed by atoms with Gasteiger partial charge in [0.25, 0.3) is 0 Å². The van der Waals surface area contributed by atoms with Crippen molar-refractivity contribution in [3.05, 3.63) is 144 Å². The molecule has 0 unspecified atom stereocenters. The Morgan fingerprint density at radius 1 is 0.692 bits per heavy atom. The fraction of sp³-hybridized carbons (Fsp3) is 0. The maximum atomic E-state index is 11.0. The average molecular weight is 509 g/mol. The van der Waals surface area contributed by atoms with Crippen LogP contribution in [-0.4, -0.2) is 11.1 Å². The molecule has 0 bridgehead atoms. The first-order chi connectivity index (χ1) is 19.1. The third-order valence-corrected chi connectivity index (χ3v) is 6.10. The topological polar surface area (TPSA) is 77.5 Å². The van der Waals surface area contributed by atoms with Crippen LogP contribution in [0, 0.1) is 11.3 Å². The van der Waals surface area contributed by atoms with Crippen molar-refractivity contribution in [2.75, 3.05) is 4.90 Å². The predicted octanol–water partition coefficient (Wildman–Crippen LogP) is 8.58. The minimum atomic E-state index is -1.25. The lowest BCUT2D eigenvalue weighted by Gasteiger charge is -2.25. The Balaban J connectivity index is 1.31. The van der Waals surface area contributed by atoms with E-state index in [4.69, 9.17) is 14.8 Å². The lowest BCUT2D eigenvalue weighted by Crippen LogP contribution is -2.09. The van der Waals surface area contributed by atoms with Gasteiger partial charge in [0.2, 0.25) is 0 Å². The van der Waals surface area contributed by atoms with Crippen LogP contribution in [0.2, 0.25) is 0 Å². The van der Waals surface area contributed by atoms with Crippen LogP contribution in [-0.2, 0) is 4.79 Å². The number of carboxylic acids is 1. The van der Waals surface area contributed by atoms with Crippen molar-refractivity contribution >= 4 is 41.3 Å². The van der Waals surface area contributed by atoms with E-state index in [0.717, 1.165) is 28.2 Å². The van der Waals surface area contributed by atoms with Crippen molar-refractivity contribution in [3.63, 3.8) is 0 Å². The molecular weight excluding hydrogens is 484 g/mol. The molecule has 1 aromatic heterocycles. The molecule has 0 atom stereocenters. The SMILES string of the molecule is N#C/C(=C\c1ccc(-c2ccc(/C=C/c3ccc(N(c4ccccc4)c4ccccc4)cc3)o2)cc1)C(=O)O. The molecule has 0 spiro atoms. The Bertz CT molecular complexity index is 1620. The predicted molar refractivity (Wildman–Crippen MR) is 155 cm³/mol. The van der Waals surface area contributed by atoms with Gasteiger partial charge in [-0.05, 0) is 71.8 Å². The summed E-state index contributed by atoms with van der Waals surface area (Å²) in [6, 6.07) is 41.6. The Labute approximate surface area is 226 Å². The lowest BCUT2D eigenvalue weighted by molar-refractivity contribution is -0.132. The zero-order valence-electron chi connectivity index (χ0n) is 20.9. The van der Waals surface area contributed by atoms with Gasteiger partial charge < -0.3 is 14.4 Å². The van der Waals surface area contributed by atoms with Gasteiger partial charge >= 0.3 is 5.97 Å². The Kier molecular flexibility index (Phi) is 7.48. The van der Waals surface area contributed by atoms with Crippen LogP contribution in [0.25, 0.3) is 29.6 Å². The summed E-state index contributed by atoms with van der Waals surface area (Å²) in [5.74, 6) is 0.162. The first-order valence-electron chi connectivity index (χ1n) is 12.3. The number of rotatable bonds is 8. The summed E-state index contributed by atoms with van der Waals surface area (Å²) in [4.78, 5) is 13.3. The third-order valence-electron chi connectivity index (χ3n) is 6.10. The van der Waals surface area contributed by atoms with E-state index in [9.17, 15) is 4.79 Å². The minimum absolute atomic E-state index is 0.311. The van der Waals surface area contributed by atoms with Crippen molar-refractivity contribution in [1.82, 2.24) is 0 Å². The summed E-state index contributed by atoms with van der Waals surface area (Å²) in [6.45, 7) is 0. The van der Waals surface area contributed by atoms with Gasteiger partial charge in [-0.3, -0.25) is 0 Å². The van der Waals surface area contributed by atoms with Gasteiger partial charge in [-0.15, -0.1) is 0 Å². The lowest BCUT2D eigenvalue weighted by atomic mass is 10.1. The Morgan fingerprint density at radius 2 is 1.26 bits per heavy atom. The van der Waals surface area contributed by atoms with Gasteiger partial charge in [0.1, 0.15) is 23.2 Å². The van der Waals surface area contributed by atoms with Crippen molar-refractivity contribution in [2.45, 2.75) is 0 Å². The number of para-hydroxylation sites is 2. The maximum Gasteiger partial charge on any atom is 0.346 e. The van der Waals surface area contributed by atoms with Gasteiger partial charge in [0, 0.05) is 22.6 Å². The molecule has 39 heavy (non-hydrogen) atoms. The number of aliphatic carboxylic acids is 1. The molecule has 4 aromatic carbocycles. The molecule has 5 aromatic rings. The summed E-state index contributed by atoms with van der Waals surface area (Å²) < 4.78 is 5.99. The van der Waals surface area contributed by atoms with Crippen LogP contribution in [0.1, 0.15) is 16.9 Å². The summed E-state index contributed by atoms with van der Waals surface area (Å²) in [7, 11) is 0. The molecule has 5 rings (SSSR count). The highest BCUT2D eigenvalue weighted by molar-refractivity contribution is 5.96. The Hall–Kier alpha value is -5.60. The van der Waals surface area contributed by atoms with Gasteiger partial charge in [-0.1, -0.05) is 78.9 Å². The van der Waals surface area contributed by atoms with Gasteiger partial charge in [0.15, 0.2) is 0 Å². The number of hydrogen-bond acceptors (Lipinski definition) is 4. The highest BCUT2D eigenvalue weighted by Gasteiger charge is 2.11. The number of anilines is 3. The van der Waals surface area contributed by atoms with Crippen molar-refractivity contribution in [2.24, 2.45) is 0 Å². The summed E-state index contributed by atoms with van der Waals surface area (Å²) >= 11 is 0. The molecule has 1 heterocycles. The van der Waals surface area contributed by atoms with E-state index in [0.29, 0.717) is 17.1 Å². The summed E-state index contributed by atoms with van der Waals surface area (Å²) in [6.07, 6.45) is 5.27. The normalized spacial score (nSPS) is 11.3. The van der Waals surface area contributed by atoms with E-state index < -0.39 is 5.97 Å². The molecule has 0 fully saturated rings. The number of carbonyl (C=O) groups is 1. The number of benzene rings is 4. The molecule has 0 aliphatic heterocycles. The number of nitrogens with zero attached hydrogens (tertiary/aromatic N) is 2. The van der Waals surface area contributed by atoms with Gasteiger partial charge in [-0.2, -0.15) is 5.26 Å². The first-order valence-corrected chi connectivity index (χ1v) is 12.3. The second-order valence-corrected chi connectivity index (χ2v) is 8.73. The minimum Gasteiger partial charge on any atom is -0.477 e. The zero-order valence-corrected chi connectivity index (χ0v) is 20.9. The summed E-state index contributed by atoms with van der Waals surface area (Å²) in [5.41, 5.74) is 5.46. The van der Waals surface area contributed by atoms with E-state index in [2.05, 4.69) is 53.4 Å². The molecular formula is C34H24N2O3. The fourth-order valence-electron chi connectivity index (χ4n) is 4.16. The van der Waals surface area contributed by atoms with Crippen LogP contribution in [0.5, 0.6) is 0 Å². The molecule has 5 nitrogen and oxygen atoms in total. The third kappa shape index (κ3) is 6.04. The van der Waals surface area contributed by atoms with E-state index in [-0.39, 0.29) is 5.57 Å². The molecule has 0 amide bonds. The Morgan fingerprint density at radius 3 is 1.82 bits per heavy atom. The second-order valence-electron chi connectivity index (χ2n) is 8.73. The van der Waals surface area contributed by atoms with Crippen LogP contribution in [0.3, 0.4) is 0 Å². The van der Waals surface area contributed by atoms with Crippen molar-refractivity contribution in [3.8, 4) is 17.4 Å². The van der Waals surface area contributed by atoms with Gasteiger partial charge in [0.05, 0.1) is 0 Å². The smallest absolute Gasteiger partial charge is 0.346 e. The number of nitriles is 1. The number of furan rings is 1. The van der Waals surface area contributed by atoms with Gasteiger partial charge in [-0.25, -0.2) is 4.79 Å². The molecule has 188 valence electrons. The standard InChI is InChI=1S/C34H24N2O3/c35-24-28(34(37)38)23-26-11-16-27(17-12-26)33-22-21-32(39-33)20-15-25-13-18-31(19-14-25)36(29-7-3-1-4-8-29)30-9-5-2-6-10-30/h1-23H,(H,37,38)/b20-15+,28-23+. The van der Waals surface area contributed by atoms with Crippen LogP contribution >= 0.6 is 0 Å². The fourth-order valence-corrected chi connectivity index (χ4v) is 4.16. The molecule has 0 aliphatic rings. The zero-order chi connectivity index (χ0) is 27.0. The quantitative estimate of drug-likeness (QED) is 0.168. The molecule has 1 N–H and O–H groups in total. The molecule has 0 radical (unpaired) electrons.